The first kappa shape index (κ1) is 76.3. The number of nitrogens with zero attached hydrogens (tertiary/aromatic N) is 12. The molecule has 6 aromatic heterocycles. The Morgan fingerprint density at radius 2 is 0.830 bits per heavy atom. The van der Waals surface area contributed by atoms with Crippen LogP contribution in [0.3, 0.4) is 0 Å². The number of fused-ring (bicyclic) bond motifs is 3. The second-order valence-electron chi connectivity index (χ2n) is 22.3. The lowest BCUT2D eigenvalue weighted by Gasteiger charge is -2.32. The first-order valence-corrected chi connectivity index (χ1v) is 30.9. The molecule has 0 N–H and O–H groups in total. The van der Waals surface area contributed by atoms with Crippen LogP contribution in [0.5, 0.6) is 35.3 Å². The summed E-state index contributed by atoms with van der Waals surface area (Å²) in [5.74, 6) is 1.41. The number of rotatable bonds is 16. The van der Waals surface area contributed by atoms with Crippen molar-refractivity contribution in [2.75, 3.05) is 41.2 Å². The topological polar surface area (TPSA) is 289 Å². The summed E-state index contributed by atoms with van der Waals surface area (Å²) < 4.78 is 167. The highest BCUT2D eigenvalue weighted by molar-refractivity contribution is 9.10. The Kier molecular flexibility index (Phi) is 23.0. The normalized spacial score (nSPS) is 13.3. The van der Waals surface area contributed by atoms with Crippen molar-refractivity contribution in [3.8, 4) is 53.5 Å². The van der Waals surface area contributed by atoms with E-state index in [1.165, 1.54) is 74.0 Å². The van der Waals surface area contributed by atoms with Crippen molar-refractivity contribution < 1.29 is 77.2 Å². The lowest BCUT2D eigenvalue weighted by atomic mass is 9.79. The first-order valence-electron chi connectivity index (χ1n) is 29.0. The molecule has 3 aromatic carbocycles. The van der Waals surface area contributed by atoms with Crippen LogP contribution < -0.4 is 50.6 Å². The molecule has 0 aliphatic carbocycles. The van der Waals surface area contributed by atoms with Crippen LogP contribution in [0.1, 0.15) is 78.5 Å². The molecule has 0 spiro atoms. The molecule has 0 atom stereocenters. The second-order valence-corrected chi connectivity index (χ2v) is 24.4. The second kappa shape index (κ2) is 30.1. The summed E-state index contributed by atoms with van der Waals surface area (Å²) in [6.07, 6.45) is -14.0. The third-order valence-corrected chi connectivity index (χ3v) is 16.8. The Morgan fingerprint density at radius 1 is 0.490 bits per heavy atom. The number of nitriles is 3. The number of hydrogen-bond donors (Lipinski definition) is 0. The summed E-state index contributed by atoms with van der Waals surface area (Å²) >= 11 is 21.4. The Morgan fingerprint density at radius 3 is 1.19 bits per heavy atom. The van der Waals surface area contributed by atoms with Gasteiger partial charge in [0.05, 0.1) is 123 Å². The van der Waals surface area contributed by atoms with Crippen LogP contribution in [-0.4, -0.2) is 103 Å². The van der Waals surface area contributed by atoms with Gasteiger partial charge in [0, 0.05) is 11.5 Å². The molecule has 524 valence electrons. The molecule has 0 radical (unpaired) electrons. The third kappa shape index (κ3) is 16.5. The Labute approximate surface area is 584 Å². The van der Waals surface area contributed by atoms with Gasteiger partial charge in [-0.05, 0) is 119 Å². The van der Waals surface area contributed by atoms with Crippen molar-refractivity contribution in [1.29, 1.82) is 15.8 Å². The van der Waals surface area contributed by atoms with E-state index in [4.69, 9.17) is 72.5 Å². The van der Waals surface area contributed by atoms with Gasteiger partial charge in [-0.2, -0.15) is 70.3 Å². The minimum atomic E-state index is -4.69. The number of aryl methyl sites for hydroxylation is 3. The van der Waals surface area contributed by atoms with Crippen LogP contribution in [0.25, 0.3) is 32.7 Å². The molecule has 0 bridgehead atoms. The fraction of sp³-hybridized carbons (Fsp3) is 0.333. The predicted octanol–water partition coefficient (Wildman–Crippen LogP) is 12.3. The minimum Gasteiger partial charge on any atom is -0.480 e. The Balaban J connectivity index is 0.000000193. The zero-order valence-electron chi connectivity index (χ0n) is 53.9. The van der Waals surface area contributed by atoms with E-state index < -0.39 is 86.9 Å². The van der Waals surface area contributed by atoms with E-state index >= 15 is 0 Å². The summed E-state index contributed by atoms with van der Waals surface area (Å²) in [5, 5.41) is 28.2. The van der Waals surface area contributed by atoms with E-state index in [2.05, 4.69) is 45.8 Å². The summed E-state index contributed by atoms with van der Waals surface area (Å²) in [5.41, 5.74) is -7.78. The predicted molar refractivity (Wildman–Crippen MR) is 349 cm³/mol. The fourth-order valence-electron chi connectivity index (χ4n) is 9.80. The van der Waals surface area contributed by atoms with Crippen molar-refractivity contribution in [1.82, 2.24) is 43.6 Å². The van der Waals surface area contributed by atoms with Gasteiger partial charge in [0.1, 0.15) is 70.6 Å². The van der Waals surface area contributed by atoms with Crippen molar-refractivity contribution >= 4 is 96.0 Å². The summed E-state index contributed by atoms with van der Waals surface area (Å²) in [7, 11) is 3.34. The highest BCUT2D eigenvalue weighted by atomic mass is 79.9. The first-order chi connectivity index (χ1) is 46.8. The number of benzene rings is 3. The molecule has 0 unspecified atom stereocenters. The van der Waals surface area contributed by atoms with Gasteiger partial charge in [-0.15, -0.1) is 0 Å². The van der Waals surface area contributed by atoms with Crippen molar-refractivity contribution in [3.63, 3.8) is 0 Å². The minimum absolute atomic E-state index is 0.00818. The maximum absolute atomic E-state index is 13.3. The monoisotopic (exact) mass is 1520 g/mol. The molecule has 1 fully saturated rings. The third-order valence-electron chi connectivity index (χ3n) is 15.4. The summed E-state index contributed by atoms with van der Waals surface area (Å²) in [4.78, 5) is 63.8. The van der Waals surface area contributed by atoms with E-state index in [-0.39, 0.29) is 135 Å². The molecule has 23 nitrogen and oxygen atoms in total. The highest BCUT2D eigenvalue weighted by Crippen LogP contribution is 2.40. The zero-order valence-corrected chi connectivity index (χ0v) is 57.7. The molecule has 0 saturated carbocycles. The standard InChI is InChI=1S/C25H25BClF3N4O5.C19H13BrClF3N4O3.C19H14ClF3N4O3/c1-13-32-18-10-15(25(28,29)30)9-14(12-31)19(18)22(35)34(13)7-8-37-20-16(11-17(27)21(33-20)36-6)26-38-23(2,3)24(4,5)39-26;1-9-26-14-6-11(19(22,23)24)5-10(8-25)15(14)18(29)28(9)3-4-31-16-12(20)7-13(21)17(27-16)30-2;1-10-25-14-8-12(19(21,22)23)7-11(9-24)16(14)18(28)27(10)5-6-30-15-4-3-13(20)17(26-15)29-2/h9-11H,7-8H2,1-6H3;5-7H,3-4H2,1-2H3;3-4,7-8H,5-6H2,1-2H3. The van der Waals surface area contributed by atoms with Gasteiger partial charge < -0.3 is 37.7 Å². The number of hydrogen-bond acceptors (Lipinski definition) is 20. The van der Waals surface area contributed by atoms with Crippen LogP contribution in [0.2, 0.25) is 15.1 Å². The molecule has 1 saturated heterocycles. The SMILES string of the molecule is COc1nc(OCCn2c(C)nc3cc(C(F)(F)F)cc(C#N)c3c2=O)c(B2OC(C)(C)C(C)(C)O2)cc1Cl.COc1nc(OCCn2c(C)nc3cc(C(F)(F)F)cc(C#N)c3c2=O)c(Br)cc1Cl.COc1nc(OCCn2c(C)nc3cc(C(F)(F)F)cc(C#N)c3c2=O)ccc1Cl. The average molecular weight is 1520 g/mol. The largest absolute Gasteiger partial charge is 0.500 e. The molecule has 37 heteroatoms. The van der Waals surface area contributed by atoms with Gasteiger partial charge in [-0.3, -0.25) is 28.1 Å². The van der Waals surface area contributed by atoms with Gasteiger partial charge in [-0.1, -0.05) is 34.8 Å². The van der Waals surface area contributed by atoms with Crippen LogP contribution in [0.15, 0.2) is 79.5 Å². The fourth-order valence-corrected chi connectivity index (χ4v) is 11.0. The van der Waals surface area contributed by atoms with Gasteiger partial charge in [-0.25, -0.2) is 15.0 Å². The average Bonchev–Trinajstić information content (AvgIpc) is 0.897. The molecule has 7 heterocycles. The number of halogens is 13. The molecular weight excluding hydrogens is 1470 g/mol. The summed E-state index contributed by atoms with van der Waals surface area (Å²) in [6.45, 7) is 11.9. The Bertz CT molecular complexity index is 5010. The van der Waals surface area contributed by atoms with E-state index in [1.54, 1.807) is 24.3 Å². The number of ether oxygens (including phenoxy) is 6. The molecule has 100 heavy (non-hydrogen) atoms. The smallest absolute Gasteiger partial charge is 0.480 e. The van der Waals surface area contributed by atoms with Crippen LogP contribution in [0, 0.1) is 54.8 Å². The van der Waals surface area contributed by atoms with Crippen molar-refractivity contribution in [2.24, 2.45) is 0 Å². The van der Waals surface area contributed by atoms with E-state index in [1.807, 2.05) is 27.7 Å². The molecule has 9 aromatic rings. The quantitative estimate of drug-likeness (QED) is 0.0641. The molecule has 0 amide bonds. The highest BCUT2D eigenvalue weighted by Gasteiger charge is 2.53. The maximum Gasteiger partial charge on any atom is 0.500 e. The Hall–Kier alpha value is -9.50. The number of aromatic nitrogens is 9. The van der Waals surface area contributed by atoms with Crippen molar-refractivity contribution in [2.45, 2.75) is 97.8 Å². The van der Waals surface area contributed by atoms with Gasteiger partial charge in [0.15, 0.2) is 0 Å². The molecular formula is C63H52BBrCl3F9N12O11. The van der Waals surface area contributed by atoms with Gasteiger partial charge >= 0.3 is 25.6 Å². The van der Waals surface area contributed by atoms with E-state index in [0.29, 0.717) is 33.2 Å². The van der Waals surface area contributed by atoms with E-state index in [9.17, 15) is 69.7 Å². The molecule has 1 aliphatic rings. The lowest BCUT2D eigenvalue weighted by Crippen LogP contribution is -2.41. The number of pyridine rings is 3. The van der Waals surface area contributed by atoms with E-state index in [0.717, 1.165) is 18.2 Å². The van der Waals surface area contributed by atoms with Crippen molar-refractivity contribution in [3.05, 3.63) is 162 Å². The molecule has 10 rings (SSSR count). The van der Waals surface area contributed by atoms with Crippen LogP contribution in [-0.2, 0) is 47.5 Å². The summed E-state index contributed by atoms with van der Waals surface area (Å²) in [6, 6.07) is 15.3. The lowest BCUT2D eigenvalue weighted by molar-refractivity contribution is -0.138. The van der Waals surface area contributed by atoms with Crippen LogP contribution in [0.4, 0.5) is 39.5 Å². The number of methoxy groups -OCH3 is 3. The molecule has 1 aliphatic heterocycles. The van der Waals surface area contributed by atoms with Gasteiger partial charge in [0.25, 0.3) is 16.7 Å². The maximum atomic E-state index is 13.3. The van der Waals surface area contributed by atoms with Crippen LogP contribution >= 0.6 is 50.7 Å². The zero-order chi connectivity index (χ0) is 73.9. The number of alkyl halides is 9. The van der Waals surface area contributed by atoms with Gasteiger partial charge in [0.2, 0.25) is 35.3 Å².